The molecule has 7 nitrogen and oxygen atoms in total. The molecule has 144 valence electrons. The lowest BCUT2D eigenvalue weighted by molar-refractivity contribution is -0.142. The lowest BCUT2D eigenvalue weighted by Gasteiger charge is -2.35. The number of benzene rings is 1. The van der Waals surface area contributed by atoms with Gasteiger partial charge in [-0.3, -0.25) is 10.1 Å². The normalized spacial score (nSPS) is 19.6. The van der Waals surface area contributed by atoms with E-state index in [4.69, 9.17) is 4.74 Å². The summed E-state index contributed by atoms with van der Waals surface area (Å²) in [6.07, 6.45) is 0.295. The fraction of sp³-hybridized carbons (Fsp3) is 0.421. The van der Waals surface area contributed by atoms with Gasteiger partial charge in [0.05, 0.1) is 24.3 Å². The van der Waals surface area contributed by atoms with E-state index >= 15 is 0 Å². The highest BCUT2D eigenvalue weighted by Crippen LogP contribution is 2.18. The van der Waals surface area contributed by atoms with E-state index in [1.165, 1.54) is 11.3 Å². The molecule has 0 bridgehead atoms. The molecule has 2 aromatic rings. The molecule has 2 atom stereocenters. The molecule has 1 aromatic heterocycles. The van der Waals surface area contributed by atoms with Gasteiger partial charge in [-0.05, 0) is 32.9 Å². The topological polar surface area (TPSA) is 83.6 Å². The van der Waals surface area contributed by atoms with E-state index in [2.05, 4.69) is 15.6 Å². The Balaban J connectivity index is 1.52. The van der Waals surface area contributed by atoms with Crippen molar-refractivity contribution in [3.8, 4) is 0 Å². The summed E-state index contributed by atoms with van der Waals surface area (Å²) in [5, 5.41) is 7.72. The number of carbonyl (C=O) groups excluding carboxylic acids is 2. The minimum Gasteiger partial charge on any atom is -0.372 e. The van der Waals surface area contributed by atoms with Crippen molar-refractivity contribution in [3.05, 3.63) is 40.9 Å². The van der Waals surface area contributed by atoms with Crippen molar-refractivity contribution in [2.75, 3.05) is 23.7 Å². The van der Waals surface area contributed by atoms with Gasteiger partial charge >= 0.3 is 6.03 Å². The number of rotatable bonds is 4. The summed E-state index contributed by atoms with van der Waals surface area (Å²) in [5.74, 6) is 0.0259. The molecule has 27 heavy (non-hydrogen) atoms. The summed E-state index contributed by atoms with van der Waals surface area (Å²) in [4.78, 5) is 30.7. The van der Waals surface area contributed by atoms with E-state index in [1.807, 2.05) is 49.9 Å². The van der Waals surface area contributed by atoms with Crippen LogP contribution in [0, 0.1) is 6.92 Å². The van der Waals surface area contributed by atoms with Crippen LogP contribution in [0.25, 0.3) is 0 Å². The molecule has 1 fully saturated rings. The fourth-order valence-electron chi connectivity index (χ4n) is 2.99. The first-order valence-electron chi connectivity index (χ1n) is 8.91. The van der Waals surface area contributed by atoms with Crippen molar-refractivity contribution < 1.29 is 14.3 Å². The Hall–Kier alpha value is -2.45. The minimum absolute atomic E-state index is 0.0259. The smallest absolute Gasteiger partial charge is 0.325 e. The summed E-state index contributed by atoms with van der Waals surface area (Å²) >= 11 is 1.30. The number of amides is 3. The fourth-order valence-corrected chi connectivity index (χ4v) is 3.70. The van der Waals surface area contributed by atoms with Gasteiger partial charge in [-0.2, -0.15) is 0 Å². The number of carbonyl (C=O) groups is 2. The molecule has 2 N–H and O–H groups in total. The van der Waals surface area contributed by atoms with Crippen LogP contribution in [-0.2, 0) is 16.0 Å². The Bertz CT molecular complexity index is 796. The molecule has 1 aromatic carbocycles. The number of aryl methyl sites for hydroxylation is 1. The molecule has 0 saturated carbocycles. The van der Waals surface area contributed by atoms with Crippen LogP contribution in [0.15, 0.2) is 29.6 Å². The van der Waals surface area contributed by atoms with Crippen molar-refractivity contribution in [3.63, 3.8) is 0 Å². The van der Waals surface area contributed by atoms with Gasteiger partial charge in [0.25, 0.3) is 0 Å². The Morgan fingerprint density at radius 3 is 2.52 bits per heavy atom. The first-order chi connectivity index (χ1) is 12.9. The maximum absolute atomic E-state index is 12.5. The quantitative estimate of drug-likeness (QED) is 0.842. The Labute approximate surface area is 162 Å². The highest BCUT2D eigenvalue weighted by molar-refractivity contribution is 7.14. The third-order valence-corrected chi connectivity index (χ3v) is 4.99. The maximum atomic E-state index is 12.5. The molecular weight excluding hydrogens is 364 g/mol. The zero-order valence-corrected chi connectivity index (χ0v) is 16.5. The number of urea groups is 1. The van der Waals surface area contributed by atoms with Gasteiger partial charge in [0.1, 0.15) is 0 Å². The van der Waals surface area contributed by atoms with Crippen molar-refractivity contribution in [2.45, 2.75) is 39.4 Å². The van der Waals surface area contributed by atoms with Crippen LogP contribution < -0.4 is 10.6 Å². The van der Waals surface area contributed by atoms with E-state index in [-0.39, 0.29) is 30.6 Å². The molecule has 2 unspecified atom stereocenters. The number of morpholine rings is 1. The highest BCUT2D eigenvalue weighted by Gasteiger charge is 2.26. The van der Waals surface area contributed by atoms with Crippen LogP contribution >= 0.6 is 11.3 Å². The van der Waals surface area contributed by atoms with Gasteiger partial charge in [0.2, 0.25) is 5.91 Å². The third kappa shape index (κ3) is 5.51. The standard InChI is InChI=1S/C19H24N4O3S/c1-12-4-6-15(7-5-12)20-18(25)22-19-21-16(11-27-19)8-17(24)23-9-13(2)26-14(3)10-23/h4-7,11,13-14H,8-10H2,1-3H3,(H2,20,21,22,25). The van der Waals surface area contributed by atoms with Gasteiger partial charge in [0.15, 0.2) is 5.13 Å². The molecule has 0 aliphatic carbocycles. The predicted molar refractivity (Wildman–Crippen MR) is 106 cm³/mol. The van der Waals surface area contributed by atoms with Crippen molar-refractivity contribution in [1.29, 1.82) is 0 Å². The second-order valence-electron chi connectivity index (χ2n) is 6.82. The lowest BCUT2D eigenvalue weighted by atomic mass is 10.2. The second kappa shape index (κ2) is 8.49. The van der Waals surface area contributed by atoms with Crippen LogP contribution in [0.5, 0.6) is 0 Å². The third-order valence-electron chi connectivity index (χ3n) is 4.19. The molecule has 1 aliphatic rings. The molecule has 0 radical (unpaired) electrons. The number of thiazole rings is 1. The van der Waals surface area contributed by atoms with Crippen LogP contribution in [0.2, 0.25) is 0 Å². The van der Waals surface area contributed by atoms with Gasteiger partial charge in [0, 0.05) is 24.2 Å². The SMILES string of the molecule is Cc1ccc(NC(=O)Nc2nc(CC(=O)N3CC(C)OC(C)C3)cs2)cc1. The number of nitrogens with one attached hydrogen (secondary N) is 2. The summed E-state index contributed by atoms with van der Waals surface area (Å²) < 4.78 is 5.66. The number of aromatic nitrogens is 1. The molecule has 3 amide bonds. The predicted octanol–water partition coefficient (Wildman–Crippen LogP) is 3.27. The average molecular weight is 388 g/mol. The maximum Gasteiger partial charge on any atom is 0.325 e. The van der Waals surface area contributed by atoms with Crippen molar-refractivity contribution in [2.24, 2.45) is 0 Å². The summed E-state index contributed by atoms with van der Waals surface area (Å²) in [5.41, 5.74) is 2.49. The number of hydrogen-bond acceptors (Lipinski definition) is 5. The largest absolute Gasteiger partial charge is 0.372 e. The Morgan fingerprint density at radius 1 is 1.19 bits per heavy atom. The monoisotopic (exact) mass is 388 g/mol. The number of hydrogen-bond donors (Lipinski definition) is 2. The van der Waals surface area contributed by atoms with Crippen LogP contribution in [0.3, 0.4) is 0 Å². The summed E-state index contributed by atoms with van der Waals surface area (Å²) in [7, 11) is 0. The van der Waals surface area contributed by atoms with E-state index in [0.717, 1.165) is 5.56 Å². The van der Waals surface area contributed by atoms with Gasteiger partial charge in [-0.1, -0.05) is 17.7 Å². The number of ether oxygens (including phenoxy) is 1. The van der Waals surface area contributed by atoms with Gasteiger partial charge in [-0.25, -0.2) is 9.78 Å². The molecule has 1 aliphatic heterocycles. The number of anilines is 2. The average Bonchev–Trinajstić information content (AvgIpc) is 3.02. The molecule has 3 rings (SSSR count). The van der Waals surface area contributed by atoms with Crippen molar-refractivity contribution in [1.82, 2.24) is 9.88 Å². The first-order valence-corrected chi connectivity index (χ1v) is 9.79. The first kappa shape index (κ1) is 19.3. The zero-order chi connectivity index (χ0) is 19.4. The van der Waals surface area contributed by atoms with E-state index < -0.39 is 0 Å². The summed E-state index contributed by atoms with van der Waals surface area (Å²) in [6.45, 7) is 7.11. The zero-order valence-electron chi connectivity index (χ0n) is 15.7. The Morgan fingerprint density at radius 2 is 1.85 bits per heavy atom. The molecule has 0 spiro atoms. The van der Waals surface area contributed by atoms with E-state index in [1.54, 1.807) is 5.38 Å². The minimum atomic E-state index is -0.359. The summed E-state index contributed by atoms with van der Waals surface area (Å²) in [6, 6.07) is 7.17. The molecular formula is C19H24N4O3S. The van der Waals surface area contributed by atoms with Crippen LogP contribution in [0.1, 0.15) is 25.1 Å². The van der Waals surface area contributed by atoms with E-state index in [9.17, 15) is 9.59 Å². The highest BCUT2D eigenvalue weighted by atomic mass is 32.1. The van der Waals surface area contributed by atoms with Crippen LogP contribution in [-0.4, -0.2) is 47.1 Å². The van der Waals surface area contributed by atoms with Crippen molar-refractivity contribution >= 4 is 34.1 Å². The second-order valence-corrected chi connectivity index (χ2v) is 7.68. The van der Waals surface area contributed by atoms with Gasteiger partial charge < -0.3 is 15.0 Å². The number of nitrogens with zero attached hydrogens (tertiary/aromatic N) is 2. The Kier molecular flexibility index (Phi) is 6.08. The van der Waals surface area contributed by atoms with Gasteiger partial charge in [-0.15, -0.1) is 11.3 Å². The molecule has 8 heteroatoms. The van der Waals surface area contributed by atoms with Crippen LogP contribution in [0.4, 0.5) is 15.6 Å². The van der Waals surface area contributed by atoms with E-state index in [0.29, 0.717) is 29.6 Å². The molecule has 1 saturated heterocycles. The molecule has 2 heterocycles. The lowest BCUT2D eigenvalue weighted by Crippen LogP contribution is -2.48.